The molecule has 3 N–H and O–H groups in total. The van der Waals surface area contributed by atoms with Gasteiger partial charge in [-0.15, -0.1) is 5.10 Å². The standard InChI is InChI=1S/C20H21N9O2/c1-12(17(22)30)13-5-6-16-25-20(27-29(16)10-13)28-7-3-4-15(11-28)24-19-23-9-14(8-21)18(26-19)31-2/h5-6,9-10,15H,1,3-4,7,11H2,2H3,(H2,22,30)(H,23,24,26). The van der Waals surface area contributed by atoms with E-state index in [9.17, 15) is 4.79 Å². The second-order valence-electron chi connectivity index (χ2n) is 7.13. The van der Waals surface area contributed by atoms with E-state index < -0.39 is 5.91 Å². The molecule has 1 aliphatic heterocycles. The molecule has 158 valence electrons. The van der Waals surface area contributed by atoms with Crippen molar-refractivity contribution >= 4 is 29.0 Å². The Morgan fingerprint density at radius 3 is 3.00 bits per heavy atom. The molecular formula is C20H21N9O2. The first-order chi connectivity index (χ1) is 15.0. The zero-order valence-electron chi connectivity index (χ0n) is 16.9. The summed E-state index contributed by atoms with van der Waals surface area (Å²) in [6, 6.07) is 5.59. The maximum Gasteiger partial charge on any atom is 0.248 e. The maximum absolute atomic E-state index is 11.4. The van der Waals surface area contributed by atoms with Gasteiger partial charge in [-0.1, -0.05) is 6.58 Å². The number of nitrogens with zero attached hydrogens (tertiary/aromatic N) is 7. The number of primary amides is 1. The fourth-order valence-corrected chi connectivity index (χ4v) is 3.45. The lowest BCUT2D eigenvalue weighted by atomic mass is 10.1. The summed E-state index contributed by atoms with van der Waals surface area (Å²) in [5.41, 5.74) is 7.08. The van der Waals surface area contributed by atoms with Gasteiger partial charge < -0.3 is 20.7 Å². The molecule has 3 aromatic rings. The normalized spacial score (nSPS) is 16.0. The van der Waals surface area contributed by atoms with Crippen molar-refractivity contribution in [2.24, 2.45) is 5.73 Å². The average Bonchev–Trinajstić information content (AvgIpc) is 3.22. The number of nitriles is 1. The minimum atomic E-state index is -0.578. The molecule has 1 atom stereocenters. The molecule has 0 spiro atoms. The van der Waals surface area contributed by atoms with Crippen LogP contribution < -0.4 is 20.7 Å². The molecule has 4 heterocycles. The maximum atomic E-state index is 11.4. The van der Waals surface area contributed by atoms with E-state index in [0.717, 1.165) is 19.4 Å². The monoisotopic (exact) mass is 419 g/mol. The number of rotatable bonds is 6. The number of methoxy groups -OCH3 is 1. The molecule has 1 unspecified atom stereocenters. The summed E-state index contributed by atoms with van der Waals surface area (Å²) < 4.78 is 6.76. The van der Waals surface area contributed by atoms with E-state index in [2.05, 4.69) is 36.8 Å². The summed E-state index contributed by atoms with van der Waals surface area (Å²) in [4.78, 5) is 26.5. The van der Waals surface area contributed by atoms with Crippen LogP contribution in [0.2, 0.25) is 0 Å². The summed E-state index contributed by atoms with van der Waals surface area (Å²) in [5.74, 6) is 0.654. The quantitative estimate of drug-likeness (QED) is 0.558. The predicted molar refractivity (Wildman–Crippen MR) is 113 cm³/mol. The smallest absolute Gasteiger partial charge is 0.248 e. The molecule has 0 radical (unpaired) electrons. The van der Waals surface area contributed by atoms with Gasteiger partial charge in [0.2, 0.25) is 23.7 Å². The number of hydrogen-bond acceptors (Lipinski definition) is 9. The topological polar surface area (TPSA) is 147 Å². The largest absolute Gasteiger partial charge is 0.480 e. The molecule has 1 saturated heterocycles. The van der Waals surface area contributed by atoms with Crippen molar-refractivity contribution in [3.05, 3.63) is 42.2 Å². The number of anilines is 2. The molecule has 1 fully saturated rings. The number of piperidine rings is 1. The summed E-state index contributed by atoms with van der Waals surface area (Å²) >= 11 is 0. The molecule has 31 heavy (non-hydrogen) atoms. The average molecular weight is 419 g/mol. The van der Waals surface area contributed by atoms with E-state index in [1.165, 1.54) is 13.3 Å². The molecule has 0 aromatic carbocycles. The number of amides is 1. The number of fused-ring (bicyclic) bond motifs is 1. The first-order valence-corrected chi connectivity index (χ1v) is 9.66. The van der Waals surface area contributed by atoms with Crippen LogP contribution >= 0.6 is 0 Å². The highest BCUT2D eigenvalue weighted by Gasteiger charge is 2.24. The molecule has 11 nitrogen and oxygen atoms in total. The molecule has 0 bridgehead atoms. The molecule has 1 amide bonds. The number of nitrogens with one attached hydrogen (secondary N) is 1. The Morgan fingerprint density at radius 2 is 2.26 bits per heavy atom. The third-order valence-electron chi connectivity index (χ3n) is 5.07. The Bertz CT molecular complexity index is 1200. The highest BCUT2D eigenvalue weighted by atomic mass is 16.5. The van der Waals surface area contributed by atoms with Gasteiger partial charge in [-0.2, -0.15) is 15.2 Å². The van der Waals surface area contributed by atoms with Crippen LogP contribution in [-0.4, -0.2) is 56.7 Å². The molecule has 0 aliphatic carbocycles. The zero-order valence-corrected chi connectivity index (χ0v) is 16.9. The van der Waals surface area contributed by atoms with Gasteiger partial charge in [0.1, 0.15) is 11.6 Å². The SMILES string of the molecule is C=C(C(N)=O)c1ccc2nc(N3CCCC(Nc4ncc(C#N)c(OC)n4)C3)nn2c1. The Kier molecular flexibility index (Phi) is 5.36. The lowest BCUT2D eigenvalue weighted by molar-refractivity contribution is -0.112. The molecule has 4 rings (SSSR count). The van der Waals surface area contributed by atoms with Gasteiger partial charge in [0.25, 0.3) is 0 Å². The number of hydrogen-bond donors (Lipinski definition) is 2. The van der Waals surface area contributed by atoms with Crippen LogP contribution in [0, 0.1) is 11.3 Å². The van der Waals surface area contributed by atoms with Crippen molar-refractivity contribution < 1.29 is 9.53 Å². The molecule has 0 saturated carbocycles. The third-order valence-corrected chi connectivity index (χ3v) is 5.07. The number of nitrogens with two attached hydrogens (primary N) is 1. The van der Waals surface area contributed by atoms with Crippen molar-refractivity contribution in [2.45, 2.75) is 18.9 Å². The summed E-state index contributed by atoms with van der Waals surface area (Å²) in [6.07, 6.45) is 4.99. The minimum absolute atomic E-state index is 0.0724. The van der Waals surface area contributed by atoms with E-state index in [-0.39, 0.29) is 23.1 Å². The van der Waals surface area contributed by atoms with Crippen molar-refractivity contribution in [1.29, 1.82) is 5.26 Å². The van der Waals surface area contributed by atoms with E-state index in [4.69, 9.17) is 15.7 Å². The van der Waals surface area contributed by atoms with Crippen LogP contribution in [0.15, 0.2) is 31.1 Å². The van der Waals surface area contributed by atoms with Gasteiger partial charge in [-0.3, -0.25) is 4.79 Å². The number of aromatic nitrogens is 5. The van der Waals surface area contributed by atoms with Crippen LogP contribution in [0.3, 0.4) is 0 Å². The van der Waals surface area contributed by atoms with Gasteiger partial charge >= 0.3 is 0 Å². The third kappa shape index (κ3) is 4.09. The highest BCUT2D eigenvalue weighted by molar-refractivity contribution is 6.17. The second kappa shape index (κ2) is 8.27. The van der Waals surface area contributed by atoms with Crippen molar-refractivity contribution in [3.8, 4) is 11.9 Å². The molecule has 11 heteroatoms. The highest BCUT2D eigenvalue weighted by Crippen LogP contribution is 2.22. The second-order valence-corrected chi connectivity index (χ2v) is 7.13. The lowest BCUT2D eigenvalue weighted by Gasteiger charge is -2.32. The van der Waals surface area contributed by atoms with Crippen LogP contribution in [0.4, 0.5) is 11.9 Å². The van der Waals surface area contributed by atoms with Gasteiger partial charge in [0.15, 0.2) is 5.65 Å². The van der Waals surface area contributed by atoms with E-state index in [1.807, 2.05) is 6.07 Å². The fraction of sp³-hybridized carbons (Fsp3) is 0.300. The van der Waals surface area contributed by atoms with Gasteiger partial charge in [-0.25, -0.2) is 9.50 Å². The van der Waals surface area contributed by atoms with Gasteiger partial charge in [-0.05, 0) is 25.0 Å². The van der Waals surface area contributed by atoms with Crippen LogP contribution in [-0.2, 0) is 4.79 Å². The lowest BCUT2D eigenvalue weighted by Crippen LogP contribution is -2.43. The Labute approximate surface area is 178 Å². The summed E-state index contributed by atoms with van der Waals surface area (Å²) in [6.45, 7) is 5.18. The van der Waals surface area contributed by atoms with E-state index >= 15 is 0 Å². The summed E-state index contributed by atoms with van der Waals surface area (Å²) in [7, 11) is 1.47. The number of carbonyl (C=O) groups is 1. The number of ether oxygens (including phenoxy) is 1. The van der Waals surface area contributed by atoms with Gasteiger partial charge in [0.05, 0.1) is 13.3 Å². The van der Waals surface area contributed by atoms with Crippen molar-refractivity contribution in [2.75, 3.05) is 30.4 Å². The Morgan fingerprint density at radius 1 is 1.42 bits per heavy atom. The van der Waals surface area contributed by atoms with Crippen molar-refractivity contribution in [3.63, 3.8) is 0 Å². The molecule has 3 aromatic heterocycles. The van der Waals surface area contributed by atoms with Crippen LogP contribution in [0.5, 0.6) is 5.88 Å². The first kappa shape index (κ1) is 20.1. The van der Waals surface area contributed by atoms with E-state index in [1.54, 1.807) is 22.8 Å². The first-order valence-electron chi connectivity index (χ1n) is 9.66. The Balaban J connectivity index is 1.51. The molecule has 1 aliphatic rings. The van der Waals surface area contributed by atoms with Crippen molar-refractivity contribution in [1.82, 2.24) is 24.6 Å². The van der Waals surface area contributed by atoms with Crippen LogP contribution in [0.1, 0.15) is 24.0 Å². The number of carbonyl (C=O) groups excluding carboxylic acids is 1. The summed E-state index contributed by atoms with van der Waals surface area (Å²) in [5, 5.41) is 16.9. The molecular weight excluding hydrogens is 398 g/mol. The predicted octanol–water partition coefficient (Wildman–Crippen LogP) is 0.979. The Hall–Kier alpha value is -4.20. The number of pyridine rings is 1. The fourth-order valence-electron chi connectivity index (χ4n) is 3.45. The minimum Gasteiger partial charge on any atom is -0.480 e. The van der Waals surface area contributed by atoms with E-state index in [0.29, 0.717) is 29.7 Å². The van der Waals surface area contributed by atoms with Crippen LogP contribution in [0.25, 0.3) is 11.2 Å². The van der Waals surface area contributed by atoms with Gasteiger partial charge in [0, 0.05) is 36.5 Å². The zero-order chi connectivity index (χ0) is 22.0.